The van der Waals surface area contributed by atoms with Crippen LogP contribution >= 0.6 is 0 Å². The molecule has 110 valence electrons. The Bertz CT molecular complexity index is 490. The number of carbonyl (C=O) groups is 2. The van der Waals surface area contributed by atoms with E-state index >= 15 is 0 Å². The number of urea groups is 1. The summed E-state index contributed by atoms with van der Waals surface area (Å²) in [4.78, 5) is 22.6. The highest BCUT2D eigenvalue weighted by molar-refractivity contribution is 5.92. The number of amides is 2. The molecule has 0 heterocycles. The molecule has 1 aromatic carbocycles. The second kappa shape index (κ2) is 7.34. The highest BCUT2D eigenvalue weighted by atomic mass is 16.5. The molecule has 0 aliphatic rings. The Morgan fingerprint density at radius 1 is 1.35 bits per heavy atom. The molecule has 20 heavy (non-hydrogen) atoms. The van der Waals surface area contributed by atoms with Gasteiger partial charge in [0.25, 0.3) is 0 Å². The Morgan fingerprint density at radius 3 is 2.55 bits per heavy atom. The third-order valence-corrected chi connectivity index (χ3v) is 2.59. The Balaban J connectivity index is 2.66. The van der Waals surface area contributed by atoms with E-state index in [1.807, 2.05) is 6.92 Å². The highest BCUT2D eigenvalue weighted by Gasteiger charge is 2.19. The van der Waals surface area contributed by atoms with Crippen molar-refractivity contribution in [2.45, 2.75) is 13.0 Å². The lowest BCUT2D eigenvalue weighted by atomic mass is 10.2. The fourth-order valence-corrected chi connectivity index (χ4v) is 1.62. The molecule has 1 unspecified atom stereocenters. The molecule has 0 saturated heterocycles. The van der Waals surface area contributed by atoms with E-state index in [0.717, 1.165) is 5.56 Å². The summed E-state index contributed by atoms with van der Waals surface area (Å²) in [5, 5.41) is 13.8. The van der Waals surface area contributed by atoms with E-state index in [2.05, 4.69) is 10.6 Å². The van der Waals surface area contributed by atoms with Crippen LogP contribution in [0.15, 0.2) is 18.2 Å². The Labute approximate surface area is 116 Å². The number of rotatable bonds is 6. The Kier molecular flexibility index (Phi) is 5.79. The summed E-state index contributed by atoms with van der Waals surface area (Å²) in [7, 11) is 2.92. The number of carbonyl (C=O) groups excluding carboxylic acids is 1. The summed E-state index contributed by atoms with van der Waals surface area (Å²) in [5.74, 6) is -0.452. The second-order valence-corrected chi connectivity index (χ2v) is 4.13. The smallest absolute Gasteiger partial charge is 0.328 e. The second-order valence-electron chi connectivity index (χ2n) is 4.13. The predicted molar refractivity (Wildman–Crippen MR) is 73.2 cm³/mol. The van der Waals surface area contributed by atoms with Gasteiger partial charge in [-0.25, -0.2) is 9.59 Å². The molecule has 0 saturated carbocycles. The van der Waals surface area contributed by atoms with E-state index < -0.39 is 18.0 Å². The lowest BCUT2D eigenvalue weighted by molar-refractivity contribution is -0.140. The van der Waals surface area contributed by atoms with Crippen LogP contribution in [0.4, 0.5) is 10.5 Å². The van der Waals surface area contributed by atoms with E-state index in [0.29, 0.717) is 11.4 Å². The number of aliphatic carboxylic acids is 1. The summed E-state index contributed by atoms with van der Waals surface area (Å²) >= 11 is 0. The number of hydrogen-bond donors (Lipinski definition) is 3. The van der Waals surface area contributed by atoms with Gasteiger partial charge in [-0.3, -0.25) is 0 Å². The third-order valence-electron chi connectivity index (χ3n) is 2.59. The quantitative estimate of drug-likeness (QED) is 0.729. The molecule has 1 rings (SSSR count). The van der Waals surface area contributed by atoms with Crippen LogP contribution in [0.1, 0.15) is 5.56 Å². The maximum absolute atomic E-state index is 11.7. The molecular formula is C13H18N2O5. The molecule has 0 spiro atoms. The molecule has 0 aliphatic carbocycles. The van der Waals surface area contributed by atoms with Crippen LogP contribution < -0.4 is 15.4 Å². The summed E-state index contributed by atoms with van der Waals surface area (Å²) in [6, 6.07) is 3.40. The molecular weight excluding hydrogens is 264 g/mol. The van der Waals surface area contributed by atoms with Crippen molar-refractivity contribution in [1.82, 2.24) is 5.32 Å². The third kappa shape index (κ3) is 4.43. The molecule has 0 fully saturated rings. The molecule has 0 radical (unpaired) electrons. The van der Waals surface area contributed by atoms with Gasteiger partial charge in [0.05, 0.1) is 13.7 Å². The molecule has 0 bridgehead atoms. The van der Waals surface area contributed by atoms with Gasteiger partial charge in [0.1, 0.15) is 5.75 Å². The van der Waals surface area contributed by atoms with Crippen LogP contribution in [0.2, 0.25) is 0 Å². The molecule has 1 aromatic rings. The fourth-order valence-electron chi connectivity index (χ4n) is 1.62. The fraction of sp³-hybridized carbons (Fsp3) is 0.385. The largest absolute Gasteiger partial charge is 0.496 e. The van der Waals surface area contributed by atoms with Crippen molar-refractivity contribution < 1.29 is 24.2 Å². The minimum atomic E-state index is -1.16. The molecule has 0 aromatic heterocycles. The van der Waals surface area contributed by atoms with Crippen LogP contribution in [0.3, 0.4) is 0 Å². The summed E-state index contributed by atoms with van der Waals surface area (Å²) < 4.78 is 9.84. The van der Waals surface area contributed by atoms with Crippen LogP contribution in [0.5, 0.6) is 5.75 Å². The van der Waals surface area contributed by atoms with E-state index in [-0.39, 0.29) is 6.61 Å². The minimum absolute atomic E-state index is 0.107. The van der Waals surface area contributed by atoms with Crippen molar-refractivity contribution in [3.63, 3.8) is 0 Å². The van der Waals surface area contributed by atoms with E-state index in [1.165, 1.54) is 7.11 Å². The molecule has 0 aliphatic heterocycles. The SMILES string of the molecule is COCC(NC(=O)Nc1ccc(OC)c(C)c1)C(=O)O. The van der Waals surface area contributed by atoms with Crippen molar-refractivity contribution in [2.24, 2.45) is 0 Å². The van der Waals surface area contributed by atoms with Gasteiger partial charge in [-0.05, 0) is 30.7 Å². The average molecular weight is 282 g/mol. The van der Waals surface area contributed by atoms with Crippen LogP contribution in [-0.2, 0) is 9.53 Å². The van der Waals surface area contributed by atoms with Crippen molar-refractivity contribution >= 4 is 17.7 Å². The van der Waals surface area contributed by atoms with Crippen LogP contribution in [-0.4, -0.2) is 44.0 Å². The number of anilines is 1. The number of carboxylic acids is 1. The maximum atomic E-state index is 11.7. The molecule has 1 atom stereocenters. The summed E-state index contributed by atoms with van der Waals surface area (Å²) in [6.07, 6.45) is 0. The zero-order valence-corrected chi connectivity index (χ0v) is 11.6. The number of aryl methyl sites for hydroxylation is 1. The number of methoxy groups -OCH3 is 2. The monoisotopic (exact) mass is 282 g/mol. The normalized spacial score (nSPS) is 11.6. The van der Waals surface area contributed by atoms with Gasteiger partial charge in [0, 0.05) is 12.8 Å². The molecule has 7 heteroatoms. The van der Waals surface area contributed by atoms with Crippen LogP contribution in [0, 0.1) is 6.92 Å². The van der Waals surface area contributed by atoms with Crippen molar-refractivity contribution in [1.29, 1.82) is 0 Å². The Hall–Kier alpha value is -2.28. The van der Waals surface area contributed by atoms with Gasteiger partial charge in [-0.1, -0.05) is 0 Å². The molecule has 2 amide bonds. The van der Waals surface area contributed by atoms with Gasteiger partial charge in [-0.2, -0.15) is 0 Å². The number of ether oxygens (including phenoxy) is 2. The first kappa shape index (κ1) is 15.8. The standard InChI is InChI=1S/C13H18N2O5/c1-8-6-9(4-5-11(8)20-3)14-13(18)15-10(7-19-2)12(16)17/h4-6,10H,7H2,1-3H3,(H,16,17)(H2,14,15,18). The predicted octanol–water partition coefficient (Wildman–Crippen LogP) is 1.22. The maximum Gasteiger partial charge on any atom is 0.328 e. The first-order valence-electron chi connectivity index (χ1n) is 5.91. The first-order valence-corrected chi connectivity index (χ1v) is 5.91. The topological polar surface area (TPSA) is 96.9 Å². The van der Waals surface area contributed by atoms with Gasteiger partial charge < -0.3 is 25.2 Å². The first-order chi connectivity index (χ1) is 9.47. The number of benzene rings is 1. The van der Waals surface area contributed by atoms with Gasteiger partial charge in [0.15, 0.2) is 6.04 Å². The average Bonchev–Trinajstić information content (AvgIpc) is 2.38. The van der Waals surface area contributed by atoms with E-state index in [1.54, 1.807) is 25.3 Å². The zero-order chi connectivity index (χ0) is 15.1. The van der Waals surface area contributed by atoms with Crippen molar-refractivity contribution in [3.05, 3.63) is 23.8 Å². The summed E-state index contributed by atoms with van der Waals surface area (Å²) in [5.41, 5.74) is 1.40. The van der Waals surface area contributed by atoms with Crippen molar-refractivity contribution in [2.75, 3.05) is 26.1 Å². The number of carboxylic acid groups (broad SMARTS) is 1. The Morgan fingerprint density at radius 2 is 2.05 bits per heavy atom. The molecule has 3 N–H and O–H groups in total. The number of hydrogen-bond acceptors (Lipinski definition) is 4. The lowest BCUT2D eigenvalue weighted by Gasteiger charge is -2.14. The molecule has 7 nitrogen and oxygen atoms in total. The highest BCUT2D eigenvalue weighted by Crippen LogP contribution is 2.21. The minimum Gasteiger partial charge on any atom is -0.496 e. The van der Waals surface area contributed by atoms with E-state index in [9.17, 15) is 9.59 Å². The van der Waals surface area contributed by atoms with Crippen molar-refractivity contribution in [3.8, 4) is 5.75 Å². The summed E-state index contributed by atoms with van der Waals surface area (Å²) in [6.45, 7) is 1.73. The lowest BCUT2D eigenvalue weighted by Crippen LogP contribution is -2.45. The van der Waals surface area contributed by atoms with Crippen LogP contribution in [0.25, 0.3) is 0 Å². The van der Waals surface area contributed by atoms with Gasteiger partial charge in [0.2, 0.25) is 0 Å². The van der Waals surface area contributed by atoms with E-state index in [4.69, 9.17) is 14.6 Å². The number of nitrogens with one attached hydrogen (secondary N) is 2. The van der Waals surface area contributed by atoms with Gasteiger partial charge >= 0.3 is 12.0 Å². The van der Waals surface area contributed by atoms with Gasteiger partial charge in [-0.15, -0.1) is 0 Å². The zero-order valence-electron chi connectivity index (χ0n) is 11.6.